The minimum Gasteiger partial charge on any atom is -0.423 e. The van der Waals surface area contributed by atoms with Crippen LogP contribution in [0.5, 0.6) is 0 Å². The second-order valence-electron chi connectivity index (χ2n) is 10.7. The first-order valence-corrected chi connectivity index (χ1v) is 17.4. The largest absolute Gasteiger partial charge is 0.489 e. The first-order chi connectivity index (χ1) is 22.4. The molecule has 0 unspecified atom stereocenters. The average molecular weight is 838 g/mol. The van der Waals surface area contributed by atoms with Gasteiger partial charge in [-0.25, -0.2) is 0 Å². The third-order valence-electron chi connectivity index (χ3n) is 7.83. The highest BCUT2D eigenvalue weighted by Gasteiger charge is 2.16. The van der Waals surface area contributed by atoms with Crippen molar-refractivity contribution in [1.82, 2.24) is 0 Å². The molecule has 0 radical (unpaired) electrons. The van der Waals surface area contributed by atoms with Crippen molar-refractivity contribution >= 4 is 110 Å². The van der Waals surface area contributed by atoms with Crippen molar-refractivity contribution in [3.63, 3.8) is 0 Å². The molecule has 0 saturated carbocycles. The van der Waals surface area contributed by atoms with E-state index in [4.69, 9.17) is 0 Å². The Morgan fingerprint density at radius 3 is 1.39 bits per heavy atom. The van der Waals surface area contributed by atoms with E-state index < -0.39 is 7.12 Å². The molecule has 0 heterocycles. The molecule has 0 amide bonds. The lowest BCUT2D eigenvalue weighted by atomic mass is 9.76. The van der Waals surface area contributed by atoms with Gasteiger partial charge in [-0.05, 0) is 122 Å². The lowest BCUT2D eigenvalue weighted by Gasteiger charge is -2.12. The molecule has 224 valence electrons. The van der Waals surface area contributed by atoms with Crippen LogP contribution in [0.1, 0.15) is 0 Å². The van der Waals surface area contributed by atoms with Gasteiger partial charge in [-0.3, -0.25) is 0 Å². The van der Waals surface area contributed by atoms with Crippen molar-refractivity contribution in [2.75, 3.05) is 0 Å². The van der Waals surface area contributed by atoms with Gasteiger partial charge in [0.1, 0.15) is 0 Å². The highest BCUT2D eigenvalue weighted by Crippen LogP contribution is 2.37. The van der Waals surface area contributed by atoms with Gasteiger partial charge < -0.3 is 10.0 Å². The number of fused-ring (bicyclic) bond motifs is 6. The van der Waals surface area contributed by atoms with E-state index in [9.17, 15) is 10.0 Å². The van der Waals surface area contributed by atoms with Gasteiger partial charge >= 0.3 is 7.12 Å². The summed E-state index contributed by atoms with van der Waals surface area (Å²) in [4.78, 5) is 0. The number of hydrogen-bond donors (Lipinski definition) is 2. The molecule has 8 rings (SSSR count). The van der Waals surface area contributed by atoms with Crippen LogP contribution < -0.4 is 5.46 Å². The molecule has 0 spiro atoms. The van der Waals surface area contributed by atoms with Gasteiger partial charge in [0.15, 0.2) is 0 Å². The monoisotopic (exact) mass is 836 g/mol. The van der Waals surface area contributed by atoms with Crippen LogP contribution >= 0.6 is 54.5 Å². The molecule has 2 nitrogen and oxygen atoms in total. The van der Waals surface area contributed by atoms with Crippen molar-refractivity contribution in [2.45, 2.75) is 0 Å². The average Bonchev–Trinajstić information content (AvgIpc) is 3.10. The fourth-order valence-corrected chi connectivity index (χ4v) is 6.86. The van der Waals surface area contributed by atoms with Crippen LogP contribution in [0.25, 0.3) is 54.2 Å². The zero-order valence-corrected chi connectivity index (χ0v) is 29.9. The molecule has 8 aromatic rings. The minimum atomic E-state index is -1.44. The van der Waals surface area contributed by atoms with E-state index in [2.05, 4.69) is 139 Å². The van der Waals surface area contributed by atoms with E-state index in [1.807, 2.05) is 72.8 Å². The molecule has 8 aromatic carbocycles. The molecule has 0 saturated heterocycles. The smallest absolute Gasteiger partial charge is 0.423 e. The summed E-state index contributed by atoms with van der Waals surface area (Å²) < 4.78 is 3.55. The van der Waals surface area contributed by atoms with Crippen LogP contribution in [-0.2, 0) is 0 Å². The van der Waals surface area contributed by atoms with E-state index in [0.717, 1.165) is 26.0 Å². The van der Waals surface area contributed by atoms with Crippen molar-refractivity contribution in [1.29, 1.82) is 0 Å². The van der Waals surface area contributed by atoms with Gasteiger partial charge in [-0.15, -0.1) is 0 Å². The van der Waals surface area contributed by atoms with Crippen LogP contribution in [-0.4, -0.2) is 17.2 Å². The minimum absolute atomic E-state index is 0.555. The normalized spacial score (nSPS) is 10.7. The second-order valence-corrected chi connectivity index (χ2v) is 13.6. The van der Waals surface area contributed by atoms with Crippen LogP contribution in [0, 0.1) is 3.57 Å². The van der Waals surface area contributed by atoms with Gasteiger partial charge in [-0.2, -0.15) is 0 Å². The van der Waals surface area contributed by atoms with Crippen molar-refractivity contribution in [2.24, 2.45) is 0 Å². The Labute approximate surface area is 299 Å². The van der Waals surface area contributed by atoms with Gasteiger partial charge in [0.2, 0.25) is 0 Å². The van der Waals surface area contributed by atoms with Gasteiger partial charge in [-0.1, -0.05) is 149 Å². The number of rotatable bonds is 2. The predicted octanol–water partition coefficient (Wildman–Crippen LogP) is 11.1. The maximum atomic E-state index is 9.44. The van der Waals surface area contributed by atoms with E-state index >= 15 is 0 Å². The topological polar surface area (TPSA) is 40.5 Å². The van der Waals surface area contributed by atoms with Crippen LogP contribution in [0.15, 0.2) is 167 Å². The second kappa shape index (κ2) is 14.9. The summed E-state index contributed by atoms with van der Waals surface area (Å²) >= 11 is 9.35. The molecule has 0 fully saturated rings. The van der Waals surface area contributed by atoms with Crippen molar-refractivity contribution in [3.05, 3.63) is 170 Å². The highest BCUT2D eigenvalue weighted by atomic mass is 127. The van der Waals surface area contributed by atoms with Crippen molar-refractivity contribution < 1.29 is 10.0 Å². The fourth-order valence-electron chi connectivity index (χ4n) is 5.69. The molecule has 0 bridgehead atoms. The third kappa shape index (κ3) is 7.07. The lowest BCUT2D eigenvalue weighted by molar-refractivity contribution is 0.426. The Bertz CT molecular complexity index is 2280. The summed E-state index contributed by atoms with van der Waals surface area (Å²) in [6.07, 6.45) is 0. The summed E-state index contributed by atoms with van der Waals surface area (Å²) in [6, 6.07) is 53.6. The van der Waals surface area contributed by atoms with Crippen LogP contribution in [0.2, 0.25) is 0 Å². The van der Waals surface area contributed by atoms with E-state index in [1.165, 1.54) is 40.7 Å². The fraction of sp³-hybridized carbons (Fsp3) is 0. The summed E-state index contributed by atoms with van der Waals surface area (Å²) in [5.41, 5.74) is 3.07. The maximum absolute atomic E-state index is 9.44. The molecular formula is C40H28BBr2IO2. The third-order valence-corrected chi connectivity index (χ3v) is 10.9. The van der Waals surface area contributed by atoms with Crippen molar-refractivity contribution in [3.8, 4) is 11.1 Å². The molecular weight excluding hydrogens is 810 g/mol. The Balaban J connectivity index is 0.000000133. The zero-order chi connectivity index (χ0) is 32.0. The molecule has 0 aliphatic rings. The first-order valence-electron chi connectivity index (χ1n) is 14.7. The van der Waals surface area contributed by atoms with E-state index in [0.29, 0.717) is 5.46 Å². The number of halogens is 3. The SMILES string of the molecule is Brc1ccccc1-c1cc2ccccc2c2ccccc12.Brc1ccccc1I.OB(O)c1cc2ccccc2c2ccccc12. The summed E-state index contributed by atoms with van der Waals surface area (Å²) in [5, 5.41) is 28.2. The standard InChI is InChI=1S/C20H13Br.C14H11BO2.C6H4BrI/c21-20-12-6-5-11-18(20)19-13-14-7-1-2-8-15(14)16-9-3-4-10-17(16)19;16-15(17)14-9-10-5-1-2-6-11(10)12-7-3-4-8-13(12)14;7-5-3-1-2-4-6(5)8/h1-13H;1-9,16-17H;1-4H. The molecule has 2 N–H and O–H groups in total. The van der Waals surface area contributed by atoms with Gasteiger partial charge in [0.05, 0.1) is 0 Å². The van der Waals surface area contributed by atoms with E-state index in [-0.39, 0.29) is 0 Å². The highest BCUT2D eigenvalue weighted by molar-refractivity contribution is 14.1. The van der Waals surface area contributed by atoms with Crippen LogP contribution in [0.4, 0.5) is 0 Å². The van der Waals surface area contributed by atoms with E-state index in [1.54, 1.807) is 0 Å². The van der Waals surface area contributed by atoms with Gasteiger partial charge in [0, 0.05) is 12.5 Å². The maximum Gasteiger partial charge on any atom is 0.489 e. The molecule has 0 aromatic heterocycles. The quantitative estimate of drug-likeness (QED) is 0.103. The molecule has 0 atom stereocenters. The Hall–Kier alpha value is -3.53. The molecule has 46 heavy (non-hydrogen) atoms. The molecule has 6 heteroatoms. The summed E-state index contributed by atoms with van der Waals surface area (Å²) in [7, 11) is -1.44. The Kier molecular flexibility index (Phi) is 10.5. The summed E-state index contributed by atoms with van der Waals surface area (Å²) in [5.74, 6) is 0. The van der Waals surface area contributed by atoms with Gasteiger partial charge in [0.25, 0.3) is 0 Å². The summed E-state index contributed by atoms with van der Waals surface area (Å²) in [6.45, 7) is 0. The number of benzene rings is 8. The lowest BCUT2D eigenvalue weighted by Crippen LogP contribution is -2.30. The zero-order valence-electron chi connectivity index (χ0n) is 24.6. The Morgan fingerprint density at radius 2 is 0.848 bits per heavy atom. The predicted molar refractivity (Wildman–Crippen MR) is 213 cm³/mol. The Morgan fingerprint density at radius 1 is 0.413 bits per heavy atom. The molecule has 0 aliphatic heterocycles. The molecule has 0 aliphatic carbocycles. The number of hydrogen-bond acceptors (Lipinski definition) is 2. The van der Waals surface area contributed by atoms with Crippen LogP contribution in [0.3, 0.4) is 0 Å². The first kappa shape index (κ1) is 32.4.